The molecular weight excluding hydrogens is 400 g/mol. The fourth-order valence-corrected chi connectivity index (χ4v) is 6.20. The fraction of sp³-hybridized carbons (Fsp3) is 0.696. The number of carbonyl (C=O) groups excluding carboxylic acids is 1. The molecule has 1 aromatic carbocycles. The Morgan fingerprint density at radius 1 is 0.967 bits per heavy atom. The van der Waals surface area contributed by atoms with Crippen LogP contribution in [-0.2, 0) is 20.7 Å². The zero-order chi connectivity index (χ0) is 22.5. The summed E-state index contributed by atoms with van der Waals surface area (Å²) < 4.78 is 23.6. The van der Waals surface area contributed by atoms with E-state index in [9.17, 15) is 18.3 Å². The van der Waals surface area contributed by atoms with Gasteiger partial charge in [0.15, 0.2) is 9.84 Å². The summed E-state index contributed by atoms with van der Waals surface area (Å²) in [6.45, 7) is 14.8. The molecule has 168 valence electrons. The van der Waals surface area contributed by atoms with E-state index >= 15 is 0 Å². The van der Waals surface area contributed by atoms with Crippen molar-refractivity contribution >= 4 is 15.7 Å². The molecule has 2 heterocycles. The average Bonchev–Trinajstić information content (AvgIpc) is 2.99. The molecule has 1 amide bonds. The predicted molar refractivity (Wildman–Crippen MR) is 120 cm³/mol. The van der Waals surface area contributed by atoms with Gasteiger partial charge in [-0.15, -0.1) is 0 Å². The van der Waals surface area contributed by atoms with Crippen LogP contribution < -0.4 is 0 Å². The lowest BCUT2D eigenvalue weighted by molar-refractivity contribution is 0.0587. The molecule has 1 atom stereocenters. The first-order valence-corrected chi connectivity index (χ1v) is 12.6. The molecule has 3 rings (SSSR count). The highest BCUT2D eigenvalue weighted by atomic mass is 32.2. The van der Waals surface area contributed by atoms with Gasteiger partial charge in [-0.1, -0.05) is 41.5 Å². The molecule has 2 aliphatic rings. The average molecular weight is 437 g/mol. The summed E-state index contributed by atoms with van der Waals surface area (Å²) in [5.74, 6) is 0.765. The Kier molecular flexibility index (Phi) is 6.02. The molecule has 0 saturated carbocycles. The van der Waals surface area contributed by atoms with E-state index in [2.05, 4.69) is 4.90 Å². The monoisotopic (exact) mass is 436 g/mol. The van der Waals surface area contributed by atoms with Gasteiger partial charge < -0.3 is 10.0 Å². The van der Waals surface area contributed by atoms with Gasteiger partial charge in [-0.05, 0) is 29.4 Å². The van der Waals surface area contributed by atoms with Crippen LogP contribution in [0.3, 0.4) is 0 Å². The second-order valence-corrected chi connectivity index (χ2v) is 13.0. The lowest BCUT2D eigenvalue weighted by atomic mass is 9.78. The molecule has 0 spiro atoms. The number of phenolic OH excluding ortho intramolecular Hbond substituents is 1. The minimum absolute atomic E-state index is 0.0234. The molecule has 2 saturated heterocycles. The number of hydrogen-bond acceptors (Lipinski definition) is 5. The summed E-state index contributed by atoms with van der Waals surface area (Å²) in [6.07, 6.45) is 0.693. The lowest BCUT2D eigenvalue weighted by Gasteiger charge is -2.38. The third-order valence-corrected chi connectivity index (χ3v) is 8.05. The van der Waals surface area contributed by atoms with Crippen molar-refractivity contribution < 1.29 is 18.3 Å². The minimum Gasteiger partial charge on any atom is -0.507 e. The Balaban J connectivity index is 1.80. The molecule has 1 N–H and O–H groups in total. The van der Waals surface area contributed by atoms with E-state index in [4.69, 9.17) is 0 Å². The second kappa shape index (κ2) is 7.83. The summed E-state index contributed by atoms with van der Waals surface area (Å²) in [6, 6.07) is 3.76. The van der Waals surface area contributed by atoms with Crippen LogP contribution in [0, 0.1) is 0 Å². The van der Waals surface area contributed by atoms with Crippen LogP contribution in [-0.4, -0.2) is 73.0 Å². The maximum Gasteiger partial charge on any atom is 0.253 e. The second-order valence-electron chi connectivity index (χ2n) is 10.8. The lowest BCUT2D eigenvalue weighted by Crippen LogP contribution is -2.52. The molecular formula is C23H36N2O4S. The van der Waals surface area contributed by atoms with Crippen molar-refractivity contribution in [2.75, 3.05) is 37.7 Å². The maximum atomic E-state index is 13.3. The smallest absolute Gasteiger partial charge is 0.253 e. The highest BCUT2D eigenvalue weighted by molar-refractivity contribution is 7.91. The van der Waals surface area contributed by atoms with Gasteiger partial charge in [-0.25, -0.2) is 8.42 Å². The van der Waals surface area contributed by atoms with E-state index in [0.717, 1.165) is 11.1 Å². The van der Waals surface area contributed by atoms with Gasteiger partial charge in [0.05, 0.1) is 11.5 Å². The number of hydrogen-bond donors (Lipinski definition) is 1. The Morgan fingerprint density at radius 2 is 1.47 bits per heavy atom. The fourth-order valence-electron chi connectivity index (χ4n) is 4.44. The number of sulfone groups is 1. The summed E-state index contributed by atoms with van der Waals surface area (Å²) in [5.41, 5.74) is 1.61. The van der Waals surface area contributed by atoms with Gasteiger partial charge in [0.25, 0.3) is 5.91 Å². The largest absolute Gasteiger partial charge is 0.507 e. The molecule has 1 unspecified atom stereocenters. The molecule has 2 aliphatic heterocycles. The van der Waals surface area contributed by atoms with Gasteiger partial charge in [0.1, 0.15) is 5.75 Å². The highest BCUT2D eigenvalue weighted by Crippen LogP contribution is 2.40. The quantitative estimate of drug-likeness (QED) is 0.771. The topological polar surface area (TPSA) is 77.9 Å². The Bertz CT molecular complexity index is 882. The molecule has 2 fully saturated rings. The number of aromatic hydroxyl groups is 1. The van der Waals surface area contributed by atoms with Gasteiger partial charge >= 0.3 is 0 Å². The molecule has 6 nitrogen and oxygen atoms in total. The van der Waals surface area contributed by atoms with Gasteiger partial charge in [-0.3, -0.25) is 9.69 Å². The van der Waals surface area contributed by atoms with Crippen molar-refractivity contribution in [1.82, 2.24) is 9.80 Å². The molecule has 0 aromatic heterocycles. The normalized spacial score (nSPS) is 23.0. The number of carbonyl (C=O) groups is 1. The first kappa shape index (κ1) is 23.1. The Labute approximate surface area is 181 Å². The van der Waals surface area contributed by atoms with Gasteiger partial charge in [0, 0.05) is 48.9 Å². The third-order valence-electron chi connectivity index (χ3n) is 6.30. The molecule has 0 aliphatic carbocycles. The van der Waals surface area contributed by atoms with Crippen molar-refractivity contribution in [1.29, 1.82) is 0 Å². The van der Waals surface area contributed by atoms with Crippen molar-refractivity contribution in [3.63, 3.8) is 0 Å². The SMILES string of the molecule is CC(C)(C)c1cc(C(=O)N2CCN(C3CCS(=O)(=O)C3)CC2)cc(C(C)(C)C)c1O. The van der Waals surface area contributed by atoms with E-state index in [1.54, 1.807) is 0 Å². The minimum atomic E-state index is -2.91. The van der Waals surface area contributed by atoms with Crippen molar-refractivity contribution in [2.45, 2.75) is 64.8 Å². The van der Waals surface area contributed by atoms with Crippen LogP contribution in [0.15, 0.2) is 12.1 Å². The van der Waals surface area contributed by atoms with E-state index in [0.29, 0.717) is 38.2 Å². The molecule has 0 bridgehead atoms. The summed E-state index contributed by atoms with van der Waals surface area (Å²) in [5, 5.41) is 10.9. The number of rotatable bonds is 2. The summed E-state index contributed by atoms with van der Waals surface area (Å²) >= 11 is 0. The van der Waals surface area contributed by atoms with Crippen LogP contribution in [0.5, 0.6) is 5.75 Å². The molecule has 1 aromatic rings. The number of benzene rings is 1. The highest BCUT2D eigenvalue weighted by Gasteiger charge is 2.35. The Hall–Kier alpha value is -1.60. The zero-order valence-corrected chi connectivity index (χ0v) is 20.0. The Morgan fingerprint density at radius 3 is 1.87 bits per heavy atom. The van der Waals surface area contributed by atoms with Crippen LogP contribution in [0.4, 0.5) is 0 Å². The van der Waals surface area contributed by atoms with Gasteiger partial charge in [0.2, 0.25) is 0 Å². The predicted octanol–water partition coefficient (Wildman–Crippen LogP) is 2.93. The van der Waals surface area contributed by atoms with E-state index < -0.39 is 9.84 Å². The van der Waals surface area contributed by atoms with Gasteiger partial charge in [-0.2, -0.15) is 0 Å². The number of piperazine rings is 1. The van der Waals surface area contributed by atoms with Crippen LogP contribution in [0.2, 0.25) is 0 Å². The summed E-state index contributed by atoms with van der Waals surface area (Å²) in [7, 11) is -2.91. The standard InChI is InChI=1S/C23H36N2O4S/c1-22(2,3)18-13-16(14-19(20(18)26)23(4,5)6)21(27)25-10-8-24(9-11-25)17-7-12-30(28,29)15-17/h13-14,17,26H,7-12,15H2,1-6H3. The maximum absolute atomic E-state index is 13.3. The zero-order valence-electron chi connectivity index (χ0n) is 19.2. The van der Waals surface area contributed by atoms with E-state index in [1.165, 1.54) is 0 Å². The first-order valence-electron chi connectivity index (χ1n) is 10.8. The molecule has 7 heteroatoms. The van der Waals surface area contributed by atoms with Crippen LogP contribution in [0.25, 0.3) is 0 Å². The van der Waals surface area contributed by atoms with E-state index in [1.807, 2.05) is 58.6 Å². The van der Waals surface area contributed by atoms with Crippen LogP contribution in [0.1, 0.15) is 69.4 Å². The molecule has 30 heavy (non-hydrogen) atoms. The first-order chi connectivity index (χ1) is 13.7. The van der Waals surface area contributed by atoms with Crippen LogP contribution >= 0.6 is 0 Å². The number of phenols is 1. The van der Waals surface area contributed by atoms with E-state index in [-0.39, 0.29) is 40.0 Å². The number of amides is 1. The van der Waals surface area contributed by atoms with Crippen molar-refractivity contribution in [2.24, 2.45) is 0 Å². The van der Waals surface area contributed by atoms with Crippen molar-refractivity contribution in [3.8, 4) is 5.75 Å². The summed E-state index contributed by atoms with van der Waals surface area (Å²) in [4.78, 5) is 17.4. The third kappa shape index (κ3) is 4.83. The van der Waals surface area contributed by atoms with Crippen molar-refractivity contribution in [3.05, 3.63) is 28.8 Å². The molecule has 0 radical (unpaired) electrons. The number of nitrogens with zero attached hydrogens (tertiary/aromatic N) is 2.